The molecule has 1 aliphatic rings. The zero-order chi connectivity index (χ0) is 9.68. The molecular weight excluding hydrogens is 158 g/mol. The molecule has 1 unspecified atom stereocenters. The van der Waals surface area contributed by atoms with Crippen molar-refractivity contribution in [3.63, 3.8) is 0 Å². The van der Waals surface area contributed by atoms with Crippen LogP contribution in [-0.4, -0.2) is 18.0 Å². The molecule has 0 N–H and O–H groups in total. The minimum Gasteiger partial charge on any atom is -0.372 e. The van der Waals surface area contributed by atoms with Crippen molar-refractivity contribution in [2.75, 3.05) is 13.1 Å². The first-order chi connectivity index (χ1) is 6.27. The maximum atomic E-state index is 3.68. The Labute approximate surface area is 81.4 Å². The Morgan fingerprint density at radius 2 is 2.31 bits per heavy atom. The molecule has 0 saturated carbocycles. The average Bonchev–Trinajstić information content (AvgIpc) is 2.54. The molecule has 0 aromatic heterocycles. The van der Waals surface area contributed by atoms with E-state index in [1.807, 2.05) is 12.2 Å². The van der Waals surface area contributed by atoms with Gasteiger partial charge in [-0.1, -0.05) is 31.7 Å². The third-order valence-corrected chi connectivity index (χ3v) is 2.49. The van der Waals surface area contributed by atoms with E-state index in [-0.39, 0.29) is 0 Å². The number of rotatable bonds is 3. The van der Waals surface area contributed by atoms with Gasteiger partial charge in [0, 0.05) is 18.8 Å². The molecule has 1 aliphatic heterocycles. The fraction of sp³-hybridized carbons (Fsp3) is 0.500. The second kappa shape index (κ2) is 4.90. The van der Waals surface area contributed by atoms with E-state index >= 15 is 0 Å². The SMILES string of the molecule is C=C/C=C\C(=C/C)N1CCC(C)C1. The van der Waals surface area contributed by atoms with Crippen LogP contribution in [0.25, 0.3) is 0 Å². The smallest absolute Gasteiger partial charge is 0.0322 e. The van der Waals surface area contributed by atoms with Crippen LogP contribution in [0.15, 0.2) is 36.6 Å². The molecule has 0 spiro atoms. The quantitative estimate of drug-likeness (QED) is 0.599. The van der Waals surface area contributed by atoms with Crippen LogP contribution in [0.1, 0.15) is 20.3 Å². The molecule has 0 radical (unpaired) electrons. The molecule has 0 amide bonds. The van der Waals surface area contributed by atoms with Crippen LogP contribution in [0.4, 0.5) is 0 Å². The van der Waals surface area contributed by atoms with Crippen molar-refractivity contribution >= 4 is 0 Å². The van der Waals surface area contributed by atoms with E-state index in [9.17, 15) is 0 Å². The number of likely N-dealkylation sites (tertiary alicyclic amines) is 1. The predicted octanol–water partition coefficient (Wildman–Crippen LogP) is 2.97. The Bertz CT molecular complexity index is 225. The van der Waals surface area contributed by atoms with Gasteiger partial charge in [0.1, 0.15) is 0 Å². The predicted molar refractivity (Wildman–Crippen MR) is 58.4 cm³/mol. The van der Waals surface area contributed by atoms with Gasteiger partial charge in [0.25, 0.3) is 0 Å². The van der Waals surface area contributed by atoms with Crippen molar-refractivity contribution in [3.8, 4) is 0 Å². The Morgan fingerprint density at radius 1 is 1.54 bits per heavy atom. The first-order valence-electron chi connectivity index (χ1n) is 4.98. The molecule has 0 aliphatic carbocycles. The van der Waals surface area contributed by atoms with Gasteiger partial charge in [0.05, 0.1) is 0 Å². The average molecular weight is 177 g/mol. The van der Waals surface area contributed by atoms with Gasteiger partial charge in [-0.3, -0.25) is 0 Å². The van der Waals surface area contributed by atoms with E-state index in [4.69, 9.17) is 0 Å². The fourth-order valence-corrected chi connectivity index (χ4v) is 1.72. The zero-order valence-electron chi connectivity index (χ0n) is 8.66. The molecule has 1 fully saturated rings. The van der Waals surface area contributed by atoms with Crippen LogP contribution in [-0.2, 0) is 0 Å². The minimum absolute atomic E-state index is 0.840. The molecule has 1 rings (SSSR count). The Morgan fingerprint density at radius 3 is 2.77 bits per heavy atom. The third kappa shape index (κ3) is 2.76. The lowest BCUT2D eigenvalue weighted by Gasteiger charge is -2.18. The summed E-state index contributed by atoms with van der Waals surface area (Å²) in [5.41, 5.74) is 1.32. The van der Waals surface area contributed by atoms with Crippen molar-refractivity contribution in [1.29, 1.82) is 0 Å². The first-order valence-corrected chi connectivity index (χ1v) is 4.98. The van der Waals surface area contributed by atoms with Crippen LogP contribution in [0.5, 0.6) is 0 Å². The van der Waals surface area contributed by atoms with Crippen molar-refractivity contribution in [3.05, 3.63) is 36.6 Å². The Balaban J connectivity index is 2.58. The molecule has 1 saturated heterocycles. The van der Waals surface area contributed by atoms with Gasteiger partial charge in [-0.25, -0.2) is 0 Å². The monoisotopic (exact) mass is 177 g/mol. The van der Waals surface area contributed by atoms with Crippen LogP contribution in [0, 0.1) is 5.92 Å². The molecular formula is C12H19N. The molecule has 72 valence electrons. The highest BCUT2D eigenvalue weighted by molar-refractivity contribution is 5.20. The summed E-state index contributed by atoms with van der Waals surface area (Å²) in [7, 11) is 0. The third-order valence-electron chi connectivity index (χ3n) is 2.49. The maximum absolute atomic E-state index is 3.68. The molecule has 1 heteroatoms. The lowest BCUT2D eigenvalue weighted by atomic mass is 10.2. The lowest BCUT2D eigenvalue weighted by Crippen LogP contribution is -2.18. The van der Waals surface area contributed by atoms with Gasteiger partial charge >= 0.3 is 0 Å². The summed E-state index contributed by atoms with van der Waals surface area (Å²) in [5, 5.41) is 0. The summed E-state index contributed by atoms with van der Waals surface area (Å²) < 4.78 is 0. The van der Waals surface area contributed by atoms with E-state index < -0.39 is 0 Å². The van der Waals surface area contributed by atoms with Gasteiger partial charge in [0.2, 0.25) is 0 Å². The van der Waals surface area contributed by atoms with Crippen LogP contribution in [0.3, 0.4) is 0 Å². The first kappa shape index (κ1) is 10.1. The standard InChI is InChI=1S/C12H19N/c1-4-6-7-12(5-2)13-9-8-11(3)10-13/h4-7,11H,1,8-10H2,2-3H3/b7-6-,12-5+. The number of nitrogens with zero attached hydrogens (tertiary/aromatic N) is 1. The molecule has 0 aromatic carbocycles. The van der Waals surface area contributed by atoms with Crippen molar-refractivity contribution in [2.24, 2.45) is 5.92 Å². The largest absolute Gasteiger partial charge is 0.372 e. The van der Waals surface area contributed by atoms with Crippen molar-refractivity contribution in [2.45, 2.75) is 20.3 Å². The lowest BCUT2D eigenvalue weighted by molar-refractivity contribution is 0.422. The molecule has 0 aromatic rings. The minimum atomic E-state index is 0.840. The summed E-state index contributed by atoms with van der Waals surface area (Å²) in [5.74, 6) is 0.840. The van der Waals surface area contributed by atoms with Crippen LogP contribution in [0.2, 0.25) is 0 Å². The van der Waals surface area contributed by atoms with E-state index in [0.717, 1.165) is 5.92 Å². The Hall–Kier alpha value is -0.980. The van der Waals surface area contributed by atoms with E-state index in [2.05, 4.69) is 37.5 Å². The van der Waals surface area contributed by atoms with Gasteiger partial charge in [-0.15, -0.1) is 0 Å². The number of allylic oxidation sites excluding steroid dienone is 4. The van der Waals surface area contributed by atoms with E-state index in [1.165, 1.54) is 25.2 Å². The van der Waals surface area contributed by atoms with Gasteiger partial charge in [-0.2, -0.15) is 0 Å². The van der Waals surface area contributed by atoms with Crippen LogP contribution >= 0.6 is 0 Å². The molecule has 13 heavy (non-hydrogen) atoms. The van der Waals surface area contributed by atoms with Crippen molar-refractivity contribution in [1.82, 2.24) is 4.90 Å². The second-order valence-corrected chi connectivity index (χ2v) is 3.65. The van der Waals surface area contributed by atoms with E-state index in [0.29, 0.717) is 0 Å². The normalized spacial score (nSPS) is 24.3. The van der Waals surface area contributed by atoms with E-state index in [1.54, 1.807) is 0 Å². The molecule has 1 nitrogen and oxygen atoms in total. The number of hydrogen-bond donors (Lipinski definition) is 0. The second-order valence-electron chi connectivity index (χ2n) is 3.65. The van der Waals surface area contributed by atoms with Crippen LogP contribution < -0.4 is 0 Å². The van der Waals surface area contributed by atoms with Gasteiger partial charge in [0.15, 0.2) is 0 Å². The maximum Gasteiger partial charge on any atom is 0.0322 e. The van der Waals surface area contributed by atoms with Gasteiger partial charge < -0.3 is 4.90 Å². The molecule has 1 heterocycles. The highest BCUT2D eigenvalue weighted by Gasteiger charge is 2.18. The van der Waals surface area contributed by atoms with Crippen molar-refractivity contribution < 1.29 is 0 Å². The number of hydrogen-bond acceptors (Lipinski definition) is 1. The fourth-order valence-electron chi connectivity index (χ4n) is 1.72. The Kier molecular flexibility index (Phi) is 3.81. The molecule has 1 atom stereocenters. The summed E-state index contributed by atoms with van der Waals surface area (Å²) in [4.78, 5) is 2.44. The zero-order valence-corrected chi connectivity index (χ0v) is 8.66. The molecule has 0 bridgehead atoms. The van der Waals surface area contributed by atoms with Gasteiger partial charge in [-0.05, 0) is 25.3 Å². The summed E-state index contributed by atoms with van der Waals surface area (Å²) in [6.45, 7) is 10.5. The highest BCUT2D eigenvalue weighted by atomic mass is 15.2. The topological polar surface area (TPSA) is 3.24 Å². The highest BCUT2D eigenvalue weighted by Crippen LogP contribution is 2.20. The summed E-state index contributed by atoms with van der Waals surface area (Å²) >= 11 is 0. The summed E-state index contributed by atoms with van der Waals surface area (Å²) in [6, 6.07) is 0. The summed E-state index contributed by atoms with van der Waals surface area (Å²) in [6.07, 6.45) is 9.43.